The zero-order valence-electron chi connectivity index (χ0n) is 20.3. The smallest absolute Gasteiger partial charge is 0.287 e. The highest BCUT2D eigenvalue weighted by Crippen LogP contribution is 2.39. The molecule has 0 bridgehead atoms. The van der Waals surface area contributed by atoms with Crippen molar-refractivity contribution < 1.29 is 9.90 Å². The van der Waals surface area contributed by atoms with E-state index in [2.05, 4.69) is 15.2 Å². The van der Waals surface area contributed by atoms with Crippen LogP contribution in [0.3, 0.4) is 0 Å². The van der Waals surface area contributed by atoms with Gasteiger partial charge in [-0.1, -0.05) is 48.5 Å². The largest absolute Gasteiger partial charge is 0.493 e. The van der Waals surface area contributed by atoms with Gasteiger partial charge in [0, 0.05) is 10.3 Å². The maximum absolute atomic E-state index is 13.3. The van der Waals surface area contributed by atoms with Crippen LogP contribution in [0.5, 0.6) is 5.88 Å². The number of fused-ring (bicyclic) bond motifs is 4. The third-order valence-corrected chi connectivity index (χ3v) is 8.22. The zero-order chi connectivity index (χ0) is 25.5. The van der Waals surface area contributed by atoms with E-state index in [0.29, 0.717) is 17.3 Å². The molecule has 1 amide bonds. The molecule has 3 heterocycles. The summed E-state index contributed by atoms with van der Waals surface area (Å²) < 4.78 is 3.08. The van der Waals surface area contributed by atoms with Gasteiger partial charge in [-0.3, -0.25) is 14.2 Å². The van der Waals surface area contributed by atoms with Crippen molar-refractivity contribution in [3.8, 4) is 5.88 Å². The van der Waals surface area contributed by atoms with E-state index in [0.717, 1.165) is 47.2 Å². The summed E-state index contributed by atoms with van der Waals surface area (Å²) >= 11 is 1.57. The van der Waals surface area contributed by atoms with Crippen LogP contribution >= 0.6 is 11.3 Å². The van der Waals surface area contributed by atoms with Gasteiger partial charge in [0.25, 0.3) is 11.5 Å². The molecule has 0 spiro atoms. The van der Waals surface area contributed by atoms with Crippen LogP contribution in [-0.4, -0.2) is 25.1 Å². The van der Waals surface area contributed by atoms with Crippen molar-refractivity contribution in [2.45, 2.75) is 45.2 Å². The molecule has 0 fully saturated rings. The quantitative estimate of drug-likeness (QED) is 0.296. The number of hydrogen-bond acceptors (Lipinski definition) is 6. The van der Waals surface area contributed by atoms with Crippen LogP contribution < -0.4 is 5.56 Å². The average Bonchev–Trinajstić information content (AvgIpc) is 3.43. The Morgan fingerprint density at radius 2 is 1.86 bits per heavy atom. The van der Waals surface area contributed by atoms with Crippen molar-refractivity contribution in [2.24, 2.45) is 10.2 Å². The number of aryl methyl sites for hydroxylation is 2. The minimum atomic E-state index is -0.882. The molecule has 2 aromatic carbocycles. The number of benzene rings is 2. The first-order chi connectivity index (χ1) is 18.0. The van der Waals surface area contributed by atoms with Crippen molar-refractivity contribution in [1.29, 1.82) is 0 Å². The van der Waals surface area contributed by atoms with Gasteiger partial charge in [0.2, 0.25) is 5.88 Å². The molecule has 5 aromatic rings. The van der Waals surface area contributed by atoms with Crippen LogP contribution in [0.4, 0.5) is 5.69 Å². The number of para-hydroxylation sites is 1. The van der Waals surface area contributed by atoms with E-state index in [1.807, 2.05) is 54.6 Å². The SMILES string of the molecule is CC(C(=O)N=Nc1c(O)n(Cc2ccccc2)c2ccccc12)n1cnc2sc3c(c2c1=O)CCCC3. The molecule has 1 unspecified atom stereocenters. The minimum Gasteiger partial charge on any atom is -0.493 e. The second-order valence-electron chi connectivity index (χ2n) is 9.32. The van der Waals surface area contributed by atoms with Gasteiger partial charge in [0.15, 0.2) is 5.69 Å². The van der Waals surface area contributed by atoms with E-state index in [4.69, 9.17) is 0 Å². The summed E-state index contributed by atoms with van der Waals surface area (Å²) in [5, 5.41) is 20.4. The number of aromatic nitrogens is 3. The number of rotatable bonds is 5. The summed E-state index contributed by atoms with van der Waals surface area (Å²) in [6.45, 7) is 2.06. The zero-order valence-corrected chi connectivity index (χ0v) is 21.1. The molecule has 1 aliphatic carbocycles. The first-order valence-electron chi connectivity index (χ1n) is 12.3. The second kappa shape index (κ2) is 9.40. The molecular weight excluding hydrogens is 486 g/mol. The van der Waals surface area contributed by atoms with E-state index in [-0.39, 0.29) is 17.1 Å². The highest BCUT2D eigenvalue weighted by Gasteiger charge is 2.24. The van der Waals surface area contributed by atoms with Crippen molar-refractivity contribution in [3.63, 3.8) is 0 Å². The number of hydrogen-bond donors (Lipinski definition) is 1. The van der Waals surface area contributed by atoms with Crippen LogP contribution in [0.15, 0.2) is 75.9 Å². The van der Waals surface area contributed by atoms with Crippen LogP contribution in [0, 0.1) is 0 Å². The number of amides is 1. The number of carbonyl (C=O) groups is 1. The first kappa shape index (κ1) is 23.3. The molecule has 8 nitrogen and oxygen atoms in total. The monoisotopic (exact) mass is 511 g/mol. The molecule has 0 radical (unpaired) electrons. The Kier molecular flexibility index (Phi) is 5.92. The molecule has 1 N–H and O–H groups in total. The normalized spacial score (nSPS) is 14.4. The lowest BCUT2D eigenvalue weighted by atomic mass is 9.97. The fourth-order valence-corrected chi connectivity index (χ4v) is 6.25. The van der Waals surface area contributed by atoms with Gasteiger partial charge >= 0.3 is 0 Å². The Bertz CT molecular complexity index is 1730. The molecule has 0 saturated heterocycles. The lowest BCUT2D eigenvalue weighted by Gasteiger charge is -2.12. The summed E-state index contributed by atoms with van der Waals surface area (Å²) in [4.78, 5) is 32.8. The fraction of sp³-hybridized carbons (Fsp3) is 0.250. The number of aromatic hydroxyl groups is 1. The second-order valence-corrected chi connectivity index (χ2v) is 10.4. The summed E-state index contributed by atoms with van der Waals surface area (Å²) in [6, 6.07) is 16.4. The van der Waals surface area contributed by atoms with E-state index in [1.165, 1.54) is 15.8 Å². The van der Waals surface area contributed by atoms with Gasteiger partial charge in [0.1, 0.15) is 10.9 Å². The van der Waals surface area contributed by atoms with Gasteiger partial charge in [-0.25, -0.2) is 4.98 Å². The predicted molar refractivity (Wildman–Crippen MR) is 144 cm³/mol. The molecule has 1 atom stereocenters. The lowest BCUT2D eigenvalue weighted by Crippen LogP contribution is -2.27. The fourth-order valence-electron chi connectivity index (χ4n) is 5.03. The number of nitrogens with zero attached hydrogens (tertiary/aromatic N) is 5. The van der Waals surface area contributed by atoms with E-state index >= 15 is 0 Å². The standard InChI is InChI=1S/C28H25N5O3S/c1-17(33-16-29-26-23(27(33)35)20-12-6-8-14-22(20)37-26)25(34)31-30-24-19-11-5-7-13-21(19)32(28(24)36)15-18-9-3-2-4-10-18/h2-5,7,9-11,13,16-17,36H,6,8,12,14-15H2,1H3. The highest BCUT2D eigenvalue weighted by atomic mass is 32.1. The molecule has 0 aliphatic heterocycles. The summed E-state index contributed by atoms with van der Waals surface area (Å²) in [6.07, 6.45) is 5.44. The van der Waals surface area contributed by atoms with Crippen LogP contribution in [0.1, 0.15) is 41.8 Å². The van der Waals surface area contributed by atoms with Crippen LogP contribution in [0.25, 0.3) is 21.1 Å². The summed E-state index contributed by atoms with van der Waals surface area (Å²) in [5.41, 5.74) is 2.88. The van der Waals surface area contributed by atoms with E-state index in [1.54, 1.807) is 22.8 Å². The Hall–Kier alpha value is -4.11. The molecule has 186 valence electrons. The first-order valence-corrected chi connectivity index (χ1v) is 13.2. The van der Waals surface area contributed by atoms with E-state index in [9.17, 15) is 14.7 Å². The predicted octanol–water partition coefficient (Wildman–Crippen LogP) is 5.92. The molecule has 3 aromatic heterocycles. The molecule has 9 heteroatoms. The Balaban J connectivity index is 1.33. The number of carbonyl (C=O) groups excluding carboxylic acids is 1. The topological polar surface area (TPSA) is 102 Å². The summed E-state index contributed by atoms with van der Waals surface area (Å²) in [5.74, 6) is -0.661. The van der Waals surface area contributed by atoms with Gasteiger partial charge in [0.05, 0.1) is 23.8 Å². The van der Waals surface area contributed by atoms with E-state index < -0.39 is 11.9 Å². The number of thiophene rings is 1. The van der Waals surface area contributed by atoms with Crippen molar-refractivity contribution >= 4 is 44.1 Å². The maximum Gasteiger partial charge on any atom is 0.287 e. The Labute approximate surface area is 216 Å². The van der Waals surface area contributed by atoms with Crippen molar-refractivity contribution in [3.05, 3.63) is 87.3 Å². The molecule has 37 heavy (non-hydrogen) atoms. The molecule has 1 aliphatic rings. The minimum absolute atomic E-state index is 0.0700. The van der Waals surface area contributed by atoms with Crippen molar-refractivity contribution in [2.75, 3.05) is 0 Å². The lowest BCUT2D eigenvalue weighted by molar-refractivity contribution is -0.121. The van der Waals surface area contributed by atoms with Crippen molar-refractivity contribution in [1.82, 2.24) is 14.1 Å². The molecule has 0 saturated carbocycles. The van der Waals surface area contributed by atoms with Gasteiger partial charge in [-0.15, -0.1) is 21.6 Å². The number of azo groups is 1. The molecule has 6 rings (SSSR count). The van der Waals surface area contributed by atoms with Gasteiger partial charge in [-0.05, 0) is 49.8 Å². The Morgan fingerprint density at radius 3 is 2.70 bits per heavy atom. The van der Waals surface area contributed by atoms with Gasteiger partial charge < -0.3 is 9.67 Å². The maximum atomic E-state index is 13.3. The van der Waals surface area contributed by atoms with Crippen LogP contribution in [-0.2, 0) is 24.2 Å². The Morgan fingerprint density at radius 1 is 1.11 bits per heavy atom. The van der Waals surface area contributed by atoms with Gasteiger partial charge in [-0.2, -0.15) is 0 Å². The third kappa shape index (κ3) is 4.05. The molecular formula is C28H25N5O3S. The highest BCUT2D eigenvalue weighted by molar-refractivity contribution is 7.18. The van der Waals surface area contributed by atoms with Crippen LogP contribution in [0.2, 0.25) is 0 Å². The average molecular weight is 512 g/mol. The summed E-state index contributed by atoms with van der Waals surface area (Å²) in [7, 11) is 0. The third-order valence-electron chi connectivity index (χ3n) is 7.02.